The van der Waals surface area contributed by atoms with Crippen LogP contribution in [0.15, 0.2) is 110 Å². The van der Waals surface area contributed by atoms with Crippen molar-refractivity contribution in [1.29, 1.82) is 0 Å². The lowest BCUT2D eigenvalue weighted by Gasteiger charge is -2.20. The Morgan fingerprint density at radius 1 is 0.773 bits per heavy atom. The number of rotatable bonds is 16. The lowest BCUT2D eigenvalue weighted by molar-refractivity contribution is -0.151. The van der Waals surface area contributed by atoms with Gasteiger partial charge in [-0.3, -0.25) is 10.3 Å². The molecule has 0 spiro atoms. The molecule has 0 bridgehead atoms. The van der Waals surface area contributed by atoms with E-state index in [1.165, 1.54) is 5.56 Å². The molecular formula is C37H43NO5Si. The van der Waals surface area contributed by atoms with Crippen LogP contribution >= 0.6 is 0 Å². The summed E-state index contributed by atoms with van der Waals surface area (Å²) in [7, 11) is -1.32. The minimum absolute atomic E-state index is 0.332. The predicted octanol–water partition coefficient (Wildman–Crippen LogP) is 8.10. The van der Waals surface area contributed by atoms with Crippen molar-refractivity contribution in [2.75, 3.05) is 19.8 Å². The van der Waals surface area contributed by atoms with Gasteiger partial charge in [-0.2, -0.15) is 0 Å². The van der Waals surface area contributed by atoms with E-state index in [-0.39, 0.29) is 5.97 Å². The number of esters is 1. The zero-order valence-corrected chi connectivity index (χ0v) is 27.2. The Labute approximate surface area is 262 Å². The smallest absolute Gasteiger partial charge is 0.347 e. The normalized spacial score (nSPS) is 11.8. The van der Waals surface area contributed by atoms with Gasteiger partial charge in [-0.15, -0.1) is 0 Å². The Balaban J connectivity index is 1.23. The van der Waals surface area contributed by atoms with Crippen molar-refractivity contribution in [2.24, 2.45) is 0 Å². The number of hydrogen-bond acceptors (Lipinski definition) is 6. The average molecular weight is 610 g/mol. The number of carbonyl (C=O) groups excluding carboxylic acids is 1. The minimum Gasteiger partial charge on any atom is -0.491 e. The van der Waals surface area contributed by atoms with E-state index in [2.05, 4.69) is 56.0 Å². The molecule has 44 heavy (non-hydrogen) atoms. The van der Waals surface area contributed by atoms with Gasteiger partial charge in [0.2, 0.25) is 0 Å². The third kappa shape index (κ3) is 10.7. The van der Waals surface area contributed by atoms with Crippen molar-refractivity contribution in [1.82, 2.24) is 5.48 Å². The van der Waals surface area contributed by atoms with Gasteiger partial charge in [-0.05, 0) is 59.5 Å². The molecule has 0 aliphatic heterocycles. The van der Waals surface area contributed by atoms with E-state index < -0.39 is 14.2 Å². The third-order valence-corrected chi connectivity index (χ3v) is 8.70. The SMILES string of the molecule is C=C(NOCCOc1ccc(CC(Oc2ccc(C)cc2)C(=O)OCC[Si](C)(C)C)cc1)c1ccc(-c2ccccc2)cc1. The quantitative estimate of drug-likeness (QED) is 0.0599. The largest absolute Gasteiger partial charge is 0.491 e. The molecule has 4 aromatic rings. The lowest BCUT2D eigenvalue weighted by Crippen LogP contribution is -2.33. The fourth-order valence-corrected chi connectivity index (χ4v) is 5.05. The van der Waals surface area contributed by atoms with E-state index >= 15 is 0 Å². The fraction of sp³-hybridized carbons (Fsp3) is 0.270. The molecule has 4 aromatic carbocycles. The molecule has 0 aromatic heterocycles. The Morgan fingerprint density at radius 3 is 2.07 bits per heavy atom. The summed E-state index contributed by atoms with van der Waals surface area (Å²) in [4.78, 5) is 18.6. The molecule has 0 radical (unpaired) electrons. The van der Waals surface area contributed by atoms with Crippen LogP contribution in [-0.2, 0) is 20.8 Å². The topological polar surface area (TPSA) is 66.0 Å². The summed E-state index contributed by atoms with van der Waals surface area (Å²) in [6, 6.07) is 34.7. The van der Waals surface area contributed by atoms with E-state index in [4.69, 9.17) is 19.0 Å². The maximum atomic E-state index is 13.0. The van der Waals surface area contributed by atoms with Crippen LogP contribution in [0.5, 0.6) is 11.5 Å². The van der Waals surface area contributed by atoms with Gasteiger partial charge in [0.1, 0.15) is 24.7 Å². The number of aryl methyl sites for hydroxylation is 1. The number of nitrogens with one attached hydrogen (secondary N) is 1. The van der Waals surface area contributed by atoms with Gasteiger partial charge in [0, 0.05) is 14.5 Å². The summed E-state index contributed by atoms with van der Waals surface area (Å²) in [6.07, 6.45) is -0.352. The first-order valence-electron chi connectivity index (χ1n) is 15.0. The summed E-state index contributed by atoms with van der Waals surface area (Å²) in [5.74, 6) is 1.01. The van der Waals surface area contributed by atoms with Crippen LogP contribution in [0.1, 0.15) is 16.7 Å². The molecule has 0 saturated carbocycles. The number of ether oxygens (including phenoxy) is 3. The predicted molar refractivity (Wildman–Crippen MR) is 180 cm³/mol. The molecule has 0 fully saturated rings. The molecule has 0 aliphatic rings. The van der Waals surface area contributed by atoms with Gasteiger partial charge in [0.05, 0.1) is 12.3 Å². The first kappa shape index (κ1) is 32.6. The highest BCUT2D eigenvalue weighted by Crippen LogP contribution is 2.22. The second-order valence-electron chi connectivity index (χ2n) is 12.0. The molecule has 0 saturated heterocycles. The Hall–Kier alpha value is -4.33. The summed E-state index contributed by atoms with van der Waals surface area (Å²) < 4.78 is 17.6. The lowest BCUT2D eigenvalue weighted by atomic mass is 10.0. The van der Waals surface area contributed by atoms with Crippen molar-refractivity contribution in [2.45, 2.75) is 45.1 Å². The van der Waals surface area contributed by atoms with Gasteiger partial charge in [0.15, 0.2) is 6.10 Å². The first-order valence-corrected chi connectivity index (χ1v) is 18.7. The van der Waals surface area contributed by atoms with E-state index in [0.29, 0.717) is 43.4 Å². The van der Waals surface area contributed by atoms with Crippen LogP contribution in [0.4, 0.5) is 0 Å². The molecule has 0 amide bonds. The summed E-state index contributed by atoms with van der Waals surface area (Å²) in [5, 5.41) is 0. The molecule has 7 heteroatoms. The number of hydrogen-bond donors (Lipinski definition) is 1. The summed E-state index contributed by atoms with van der Waals surface area (Å²) in [5.41, 5.74) is 8.92. The van der Waals surface area contributed by atoms with Crippen molar-refractivity contribution in [3.8, 4) is 22.6 Å². The second kappa shape index (κ2) is 15.9. The van der Waals surface area contributed by atoms with Gasteiger partial charge in [-0.25, -0.2) is 4.79 Å². The molecule has 1 N–H and O–H groups in total. The van der Waals surface area contributed by atoms with Gasteiger partial charge in [0.25, 0.3) is 0 Å². The second-order valence-corrected chi connectivity index (χ2v) is 17.6. The highest BCUT2D eigenvalue weighted by molar-refractivity contribution is 6.76. The zero-order chi connectivity index (χ0) is 31.4. The third-order valence-electron chi connectivity index (χ3n) is 6.99. The number of benzene rings is 4. The molecule has 1 unspecified atom stereocenters. The van der Waals surface area contributed by atoms with Gasteiger partial charge < -0.3 is 14.2 Å². The van der Waals surface area contributed by atoms with E-state index in [0.717, 1.165) is 28.3 Å². The Bertz CT molecular complexity index is 1460. The van der Waals surface area contributed by atoms with Crippen molar-refractivity contribution in [3.63, 3.8) is 0 Å². The van der Waals surface area contributed by atoms with Gasteiger partial charge in [-0.1, -0.05) is 111 Å². The molecule has 4 rings (SSSR count). The van der Waals surface area contributed by atoms with E-state index in [9.17, 15) is 4.79 Å². The first-order chi connectivity index (χ1) is 21.2. The fourth-order valence-electron chi connectivity index (χ4n) is 4.33. The van der Waals surface area contributed by atoms with Crippen LogP contribution in [0.25, 0.3) is 16.8 Å². The average Bonchev–Trinajstić information content (AvgIpc) is 3.02. The molecule has 1 atom stereocenters. The molecule has 6 nitrogen and oxygen atoms in total. The maximum absolute atomic E-state index is 13.0. The summed E-state index contributed by atoms with van der Waals surface area (Å²) in [6.45, 7) is 14.0. The molecule has 0 aliphatic carbocycles. The summed E-state index contributed by atoms with van der Waals surface area (Å²) >= 11 is 0. The molecular weight excluding hydrogens is 566 g/mol. The minimum atomic E-state index is -1.32. The van der Waals surface area contributed by atoms with Gasteiger partial charge >= 0.3 is 5.97 Å². The van der Waals surface area contributed by atoms with Crippen molar-refractivity contribution >= 4 is 19.7 Å². The van der Waals surface area contributed by atoms with Crippen LogP contribution in [0.2, 0.25) is 25.7 Å². The number of hydroxylamine groups is 1. The van der Waals surface area contributed by atoms with Crippen molar-refractivity contribution < 1.29 is 23.8 Å². The Morgan fingerprint density at radius 2 is 1.41 bits per heavy atom. The Kier molecular flexibility index (Phi) is 11.8. The zero-order valence-electron chi connectivity index (χ0n) is 26.2. The molecule has 230 valence electrons. The van der Waals surface area contributed by atoms with Crippen LogP contribution in [0.3, 0.4) is 0 Å². The maximum Gasteiger partial charge on any atom is 0.347 e. The monoisotopic (exact) mass is 609 g/mol. The highest BCUT2D eigenvalue weighted by Gasteiger charge is 2.24. The molecule has 0 heterocycles. The van der Waals surface area contributed by atoms with Crippen LogP contribution in [0, 0.1) is 6.92 Å². The van der Waals surface area contributed by atoms with E-state index in [1.807, 2.05) is 85.8 Å². The standard InChI is InChI=1S/C37H43NO5Si/c1-28-11-19-35(20-12-28)43-36(37(39)41-25-26-44(3,4)5)27-30-13-21-34(22-14-30)40-23-24-42-38-29(2)31-15-17-33(18-16-31)32-9-7-6-8-10-32/h6-22,36,38H,2,23-27H2,1,3-5H3. The number of carbonyl (C=O) groups is 1. The van der Waals surface area contributed by atoms with E-state index in [1.54, 1.807) is 0 Å². The van der Waals surface area contributed by atoms with Crippen LogP contribution in [-0.4, -0.2) is 40.0 Å². The van der Waals surface area contributed by atoms with Crippen molar-refractivity contribution in [3.05, 3.63) is 126 Å². The highest BCUT2D eigenvalue weighted by atomic mass is 28.3. The van der Waals surface area contributed by atoms with Crippen LogP contribution < -0.4 is 15.0 Å².